The third-order valence-electron chi connectivity index (χ3n) is 2.19. The molecule has 1 aromatic carbocycles. The lowest BCUT2D eigenvalue weighted by Crippen LogP contribution is -2.31. The molecule has 0 radical (unpaired) electrons. The second-order valence-corrected chi connectivity index (χ2v) is 4.44. The van der Waals surface area contributed by atoms with Gasteiger partial charge in [-0.05, 0) is 25.1 Å². The minimum Gasteiger partial charge on any atom is -0.497 e. The van der Waals surface area contributed by atoms with E-state index in [9.17, 15) is 4.79 Å². The summed E-state index contributed by atoms with van der Waals surface area (Å²) in [6.07, 6.45) is 0. The molecule has 0 N–H and O–H groups in total. The first-order valence-electron chi connectivity index (χ1n) is 5.08. The highest BCUT2D eigenvalue weighted by atomic mass is 35.5. The Morgan fingerprint density at radius 2 is 2.25 bits per heavy atom. The molecule has 1 atom stereocenters. The summed E-state index contributed by atoms with van der Waals surface area (Å²) in [6.45, 7) is 2.38. The molecule has 0 fully saturated rings. The molecule has 0 aliphatic rings. The quantitative estimate of drug-likeness (QED) is 0.758. The number of ether oxygens (including phenoxy) is 1. The molecule has 0 spiro atoms. The molecule has 0 saturated carbocycles. The summed E-state index contributed by atoms with van der Waals surface area (Å²) in [5.41, 5.74) is 0.610. The fourth-order valence-electron chi connectivity index (χ4n) is 1.44. The summed E-state index contributed by atoms with van der Waals surface area (Å²) in [6, 6.07) is 7.09. The van der Waals surface area contributed by atoms with Crippen LogP contribution in [0.3, 0.4) is 0 Å². The second-order valence-electron chi connectivity index (χ2n) is 3.70. The van der Waals surface area contributed by atoms with Gasteiger partial charge in [0.05, 0.1) is 7.11 Å². The zero-order valence-corrected chi connectivity index (χ0v) is 10.5. The number of rotatable bonds is 4. The van der Waals surface area contributed by atoms with Crippen molar-refractivity contribution < 1.29 is 9.53 Å². The van der Waals surface area contributed by atoms with Crippen molar-refractivity contribution in [2.45, 2.75) is 12.3 Å². The molecule has 0 saturated heterocycles. The van der Waals surface area contributed by atoms with Crippen LogP contribution in [0.4, 0.5) is 0 Å². The van der Waals surface area contributed by atoms with Crippen molar-refractivity contribution in [3.8, 4) is 5.75 Å². The van der Waals surface area contributed by atoms with Crippen molar-refractivity contribution in [1.29, 1.82) is 0 Å². The van der Waals surface area contributed by atoms with Crippen molar-refractivity contribution in [2.24, 2.45) is 0 Å². The predicted octanol–water partition coefficient (Wildman–Crippen LogP) is 2.39. The molecule has 16 heavy (non-hydrogen) atoms. The van der Waals surface area contributed by atoms with Crippen LogP contribution < -0.4 is 4.74 Å². The van der Waals surface area contributed by atoms with E-state index in [-0.39, 0.29) is 11.3 Å². The Bertz CT molecular complexity index is 366. The summed E-state index contributed by atoms with van der Waals surface area (Å²) >= 11 is 5.84. The predicted molar refractivity (Wildman–Crippen MR) is 65.3 cm³/mol. The van der Waals surface area contributed by atoms with Crippen LogP contribution in [0.2, 0.25) is 0 Å². The number of alkyl halides is 1. The molecule has 1 amide bonds. The Hall–Kier alpha value is -1.22. The highest BCUT2D eigenvalue weighted by molar-refractivity contribution is 6.20. The Morgan fingerprint density at radius 3 is 2.81 bits per heavy atom. The van der Waals surface area contributed by atoms with Crippen LogP contribution in [0.1, 0.15) is 17.3 Å². The van der Waals surface area contributed by atoms with E-state index in [1.54, 1.807) is 43.3 Å². The number of carbonyl (C=O) groups excluding carboxylic acids is 1. The monoisotopic (exact) mass is 241 g/mol. The van der Waals surface area contributed by atoms with Crippen LogP contribution in [-0.4, -0.2) is 36.9 Å². The molecule has 1 unspecified atom stereocenters. The summed E-state index contributed by atoms with van der Waals surface area (Å²) in [4.78, 5) is 13.6. The lowest BCUT2D eigenvalue weighted by Gasteiger charge is -2.18. The van der Waals surface area contributed by atoms with Gasteiger partial charge in [-0.3, -0.25) is 4.79 Å². The van der Waals surface area contributed by atoms with E-state index in [1.807, 2.05) is 6.92 Å². The number of hydrogen-bond acceptors (Lipinski definition) is 2. The second kappa shape index (κ2) is 5.75. The third-order valence-corrected chi connectivity index (χ3v) is 2.33. The molecule has 4 heteroatoms. The normalized spacial score (nSPS) is 12.0. The van der Waals surface area contributed by atoms with E-state index in [2.05, 4.69) is 0 Å². The maximum atomic E-state index is 12.0. The van der Waals surface area contributed by atoms with Crippen LogP contribution in [0.5, 0.6) is 5.75 Å². The van der Waals surface area contributed by atoms with Gasteiger partial charge < -0.3 is 9.64 Å². The first-order chi connectivity index (χ1) is 7.54. The standard InChI is InChI=1S/C12H16ClNO2/c1-9(13)8-14(2)12(15)10-5-4-6-11(7-10)16-3/h4-7,9H,8H2,1-3H3. The molecular formula is C12H16ClNO2. The van der Waals surface area contributed by atoms with Crippen LogP contribution in [0, 0.1) is 0 Å². The van der Waals surface area contributed by atoms with Crippen LogP contribution >= 0.6 is 11.6 Å². The number of nitrogens with zero attached hydrogens (tertiary/aromatic N) is 1. The average Bonchev–Trinajstić information content (AvgIpc) is 2.27. The van der Waals surface area contributed by atoms with Crippen LogP contribution in [0.25, 0.3) is 0 Å². The van der Waals surface area contributed by atoms with Gasteiger partial charge in [-0.1, -0.05) is 6.07 Å². The van der Waals surface area contributed by atoms with Gasteiger partial charge in [0.15, 0.2) is 0 Å². The largest absolute Gasteiger partial charge is 0.497 e. The number of hydrogen-bond donors (Lipinski definition) is 0. The Morgan fingerprint density at radius 1 is 1.56 bits per heavy atom. The topological polar surface area (TPSA) is 29.5 Å². The van der Waals surface area contributed by atoms with E-state index in [0.717, 1.165) is 0 Å². The van der Waals surface area contributed by atoms with E-state index >= 15 is 0 Å². The van der Waals surface area contributed by atoms with Gasteiger partial charge in [0.2, 0.25) is 0 Å². The van der Waals surface area contributed by atoms with Crippen LogP contribution in [-0.2, 0) is 0 Å². The van der Waals surface area contributed by atoms with Crippen molar-refractivity contribution in [2.75, 3.05) is 20.7 Å². The van der Waals surface area contributed by atoms with Gasteiger partial charge in [0.1, 0.15) is 5.75 Å². The lowest BCUT2D eigenvalue weighted by atomic mass is 10.2. The smallest absolute Gasteiger partial charge is 0.253 e. The first kappa shape index (κ1) is 12.8. The molecule has 0 aromatic heterocycles. The Kier molecular flexibility index (Phi) is 4.62. The molecular weight excluding hydrogens is 226 g/mol. The molecule has 0 bridgehead atoms. The van der Waals surface area contributed by atoms with Crippen molar-refractivity contribution >= 4 is 17.5 Å². The lowest BCUT2D eigenvalue weighted by molar-refractivity contribution is 0.0796. The summed E-state index contributed by atoms with van der Waals surface area (Å²) in [5, 5.41) is -0.0560. The molecule has 1 rings (SSSR count). The summed E-state index contributed by atoms with van der Waals surface area (Å²) < 4.78 is 5.07. The number of amides is 1. The molecule has 1 aromatic rings. The minimum absolute atomic E-state index is 0.0496. The first-order valence-corrected chi connectivity index (χ1v) is 5.52. The zero-order valence-electron chi connectivity index (χ0n) is 9.74. The maximum Gasteiger partial charge on any atom is 0.253 e. The highest BCUT2D eigenvalue weighted by Crippen LogP contribution is 2.14. The number of carbonyl (C=O) groups is 1. The van der Waals surface area contributed by atoms with Crippen molar-refractivity contribution in [3.05, 3.63) is 29.8 Å². The zero-order chi connectivity index (χ0) is 12.1. The van der Waals surface area contributed by atoms with Gasteiger partial charge in [-0.15, -0.1) is 11.6 Å². The fraction of sp³-hybridized carbons (Fsp3) is 0.417. The average molecular weight is 242 g/mol. The van der Waals surface area contributed by atoms with E-state index < -0.39 is 0 Å². The van der Waals surface area contributed by atoms with Gasteiger partial charge in [0, 0.05) is 24.5 Å². The van der Waals surface area contributed by atoms with Gasteiger partial charge >= 0.3 is 0 Å². The van der Waals surface area contributed by atoms with E-state index in [1.165, 1.54) is 0 Å². The number of methoxy groups -OCH3 is 1. The van der Waals surface area contributed by atoms with Crippen molar-refractivity contribution in [1.82, 2.24) is 4.90 Å². The molecule has 3 nitrogen and oxygen atoms in total. The number of halogens is 1. The molecule has 88 valence electrons. The fourth-order valence-corrected chi connectivity index (χ4v) is 1.64. The van der Waals surface area contributed by atoms with E-state index in [0.29, 0.717) is 17.9 Å². The van der Waals surface area contributed by atoms with Gasteiger partial charge in [-0.2, -0.15) is 0 Å². The molecule has 0 aliphatic heterocycles. The molecule has 0 aliphatic carbocycles. The highest BCUT2D eigenvalue weighted by Gasteiger charge is 2.13. The van der Waals surface area contributed by atoms with Gasteiger partial charge in [0.25, 0.3) is 5.91 Å². The SMILES string of the molecule is COc1cccc(C(=O)N(C)CC(C)Cl)c1. The molecule has 0 heterocycles. The van der Waals surface area contributed by atoms with Crippen molar-refractivity contribution in [3.63, 3.8) is 0 Å². The number of benzene rings is 1. The minimum atomic E-state index is -0.0560. The summed E-state index contributed by atoms with van der Waals surface area (Å²) in [7, 11) is 3.31. The van der Waals surface area contributed by atoms with E-state index in [4.69, 9.17) is 16.3 Å². The van der Waals surface area contributed by atoms with Crippen LogP contribution in [0.15, 0.2) is 24.3 Å². The third kappa shape index (κ3) is 3.42. The Labute approximate surface area is 101 Å². The maximum absolute atomic E-state index is 12.0. The van der Waals surface area contributed by atoms with Gasteiger partial charge in [-0.25, -0.2) is 0 Å². The Balaban J connectivity index is 2.79. The summed E-state index contributed by atoms with van der Waals surface area (Å²) in [5.74, 6) is 0.629.